The molecule has 0 bridgehead atoms. The first-order chi connectivity index (χ1) is 14.6. The number of likely N-dealkylation sites (N-methyl/N-ethyl adjacent to an activating group) is 1. The van der Waals surface area contributed by atoms with E-state index in [4.69, 9.17) is 0 Å². The Balaban J connectivity index is 0.00000198. The first-order valence-corrected chi connectivity index (χ1v) is 10.3. The number of rotatable bonds is 7. The molecule has 6 heteroatoms. The summed E-state index contributed by atoms with van der Waals surface area (Å²) < 4.78 is 0. The average Bonchev–Trinajstić information content (AvgIpc) is 2.80. The smallest absolute Gasteiger partial charge is 0.252 e. The zero-order valence-corrected chi connectivity index (χ0v) is 18.9. The van der Waals surface area contributed by atoms with Crippen molar-refractivity contribution in [1.29, 1.82) is 0 Å². The predicted octanol–water partition coefficient (Wildman–Crippen LogP) is 5.38. The molecule has 0 aliphatic heterocycles. The van der Waals surface area contributed by atoms with Crippen LogP contribution in [0.2, 0.25) is 0 Å². The van der Waals surface area contributed by atoms with Crippen LogP contribution in [0.3, 0.4) is 0 Å². The zero-order valence-electron chi connectivity index (χ0n) is 18.9. The third kappa shape index (κ3) is 9.85. The first-order valence-electron chi connectivity index (χ1n) is 10.3. The number of benzene rings is 2. The Hall–Kier alpha value is -3.17. The molecule has 162 valence electrons. The van der Waals surface area contributed by atoms with E-state index in [2.05, 4.69) is 32.7 Å². The van der Waals surface area contributed by atoms with E-state index in [1.807, 2.05) is 40.8 Å². The molecule has 0 aromatic heterocycles. The summed E-state index contributed by atoms with van der Waals surface area (Å²) in [5.41, 5.74) is 2.55. The van der Waals surface area contributed by atoms with E-state index in [0.717, 1.165) is 18.5 Å². The highest BCUT2D eigenvalue weighted by atomic mass is 16.3. The maximum absolute atomic E-state index is 11.9. The van der Waals surface area contributed by atoms with Gasteiger partial charge >= 0.3 is 0 Å². The zero-order chi connectivity index (χ0) is 22.8. The van der Waals surface area contributed by atoms with Crippen LogP contribution in [0.1, 0.15) is 50.5 Å². The number of hydrogen-bond donors (Lipinski definition) is 3. The highest BCUT2D eigenvalue weighted by Gasteiger charge is 2.04. The van der Waals surface area contributed by atoms with Gasteiger partial charge < -0.3 is 15.7 Å². The molecule has 2 aromatic carbocycles. The van der Waals surface area contributed by atoms with Crippen molar-refractivity contribution in [2.45, 2.75) is 41.0 Å². The van der Waals surface area contributed by atoms with Crippen LogP contribution in [0, 0.1) is 11.8 Å². The van der Waals surface area contributed by atoms with E-state index in [0.29, 0.717) is 23.5 Å². The summed E-state index contributed by atoms with van der Waals surface area (Å²) in [7, 11) is 1.89. The molecule has 2 rings (SSSR count). The van der Waals surface area contributed by atoms with Gasteiger partial charge in [0.2, 0.25) is 0 Å². The quantitative estimate of drug-likeness (QED) is 0.423. The fourth-order valence-electron chi connectivity index (χ4n) is 2.18. The Bertz CT molecular complexity index is 835. The standard InChI is InChI=1S/C20H22N4O2.2C2H6/c1-3-4-12-22-20(26)16-6-8-17(9-7-16)23-24-18-10-5-15(11-13-21-2)14-19(18)25;2*1-2/h5-10,14,21,25H,11-13H2,1-2H3,(H,22,26);2*1-2H3. The number of azo groups is 1. The van der Waals surface area contributed by atoms with E-state index in [1.54, 1.807) is 43.3 Å². The van der Waals surface area contributed by atoms with Crippen LogP contribution in [-0.4, -0.2) is 31.2 Å². The minimum atomic E-state index is -0.189. The molecule has 0 aliphatic rings. The molecule has 1 amide bonds. The number of phenolic OH excluding ortho intramolecular Hbond substituents is 1. The Morgan fingerprint density at radius 2 is 1.70 bits per heavy atom. The molecule has 0 atom stereocenters. The number of nitrogens with one attached hydrogen (secondary N) is 2. The Kier molecular flexibility index (Phi) is 15.0. The normalized spacial score (nSPS) is 9.40. The van der Waals surface area contributed by atoms with Crippen LogP contribution in [0.4, 0.5) is 11.4 Å². The number of phenols is 1. The van der Waals surface area contributed by atoms with Crippen LogP contribution in [0.15, 0.2) is 52.7 Å². The summed E-state index contributed by atoms with van der Waals surface area (Å²) in [6.45, 7) is 10.9. The summed E-state index contributed by atoms with van der Waals surface area (Å²) in [6.07, 6.45) is 0.828. The van der Waals surface area contributed by atoms with E-state index >= 15 is 0 Å². The van der Waals surface area contributed by atoms with Gasteiger partial charge in [0.25, 0.3) is 5.91 Å². The van der Waals surface area contributed by atoms with Crippen molar-refractivity contribution < 1.29 is 9.90 Å². The monoisotopic (exact) mass is 410 g/mol. The van der Waals surface area contributed by atoms with Crippen molar-refractivity contribution in [1.82, 2.24) is 10.6 Å². The fraction of sp³-hybridized carbons (Fsp3) is 0.375. The van der Waals surface area contributed by atoms with E-state index in [9.17, 15) is 9.90 Å². The lowest BCUT2D eigenvalue weighted by molar-refractivity contribution is 0.0958. The summed E-state index contributed by atoms with van der Waals surface area (Å²) in [5.74, 6) is 5.40. The summed E-state index contributed by atoms with van der Waals surface area (Å²) >= 11 is 0. The molecule has 0 fully saturated rings. The molecule has 0 radical (unpaired) electrons. The van der Waals surface area contributed by atoms with Gasteiger partial charge in [0.15, 0.2) is 0 Å². The minimum Gasteiger partial charge on any atom is -0.506 e. The van der Waals surface area contributed by atoms with Crippen LogP contribution in [0.5, 0.6) is 5.75 Å². The number of hydrogen-bond acceptors (Lipinski definition) is 5. The Morgan fingerprint density at radius 3 is 2.27 bits per heavy atom. The molecule has 0 spiro atoms. The van der Waals surface area contributed by atoms with Gasteiger partial charge in [-0.3, -0.25) is 4.79 Å². The number of aromatic hydroxyl groups is 1. The topological polar surface area (TPSA) is 86.1 Å². The lowest BCUT2D eigenvalue weighted by atomic mass is 10.1. The van der Waals surface area contributed by atoms with Gasteiger partial charge in [-0.2, -0.15) is 5.11 Å². The van der Waals surface area contributed by atoms with Crippen molar-refractivity contribution in [3.05, 3.63) is 53.6 Å². The molecule has 0 aliphatic carbocycles. The molecule has 30 heavy (non-hydrogen) atoms. The van der Waals surface area contributed by atoms with Gasteiger partial charge in [0.1, 0.15) is 11.4 Å². The Labute approximate surface area is 180 Å². The third-order valence-electron chi connectivity index (χ3n) is 3.62. The molecular weight excluding hydrogens is 376 g/mol. The summed E-state index contributed by atoms with van der Waals surface area (Å²) in [4.78, 5) is 11.9. The maximum Gasteiger partial charge on any atom is 0.252 e. The van der Waals surface area contributed by atoms with Crippen molar-refractivity contribution in [2.24, 2.45) is 10.2 Å². The van der Waals surface area contributed by atoms with Gasteiger partial charge in [-0.1, -0.05) is 39.7 Å². The second-order valence-electron chi connectivity index (χ2n) is 5.53. The van der Waals surface area contributed by atoms with Gasteiger partial charge in [-0.15, -0.1) is 11.0 Å². The Morgan fingerprint density at radius 1 is 1.03 bits per heavy atom. The number of nitrogens with zero attached hydrogens (tertiary/aromatic N) is 2. The summed E-state index contributed by atoms with van der Waals surface area (Å²) in [5, 5.41) is 24.0. The highest BCUT2D eigenvalue weighted by Crippen LogP contribution is 2.29. The first kappa shape index (κ1) is 26.8. The third-order valence-corrected chi connectivity index (χ3v) is 3.62. The average molecular weight is 411 g/mol. The second kappa shape index (κ2) is 16.8. The molecule has 3 N–H and O–H groups in total. The largest absolute Gasteiger partial charge is 0.506 e. The number of amides is 1. The van der Waals surface area contributed by atoms with Crippen LogP contribution in [0.25, 0.3) is 0 Å². The number of carbonyl (C=O) groups is 1. The second-order valence-corrected chi connectivity index (χ2v) is 5.53. The SMILES string of the molecule is CC.CC.CC#CCNC(=O)c1ccc(N=Nc2ccc(CCNC)cc2O)cc1. The molecule has 0 saturated heterocycles. The molecule has 0 saturated carbocycles. The van der Waals surface area contributed by atoms with Gasteiger partial charge in [0, 0.05) is 5.56 Å². The van der Waals surface area contributed by atoms with Gasteiger partial charge in [-0.25, -0.2) is 0 Å². The van der Waals surface area contributed by atoms with Gasteiger partial charge in [0.05, 0.1) is 12.2 Å². The van der Waals surface area contributed by atoms with E-state index in [1.165, 1.54) is 0 Å². The molecule has 2 aromatic rings. The van der Waals surface area contributed by atoms with E-state index in [-0.39, 0.29) is 11.7 Å². The van der Waals surface area contributed by atoms with Crippen molar-refractivity contribution >= 4 is 17.3 Å². The lowest BCUT2D eigenvalue weighted by Gasteiger charge is -2.04. The van der Waals surface area contributed by atoms with Crippen LogP contribution in [-0.2, 0) is 6.42 Å². The fourth-order valence-corrected chi connectivity index (χ4v) is 2.18. The lowest BCUT2D eigenvalue weighted by Crippen LogP contribution is -2.23. The molecular formula is C24H34N4O2. The van der Waals surface area contributed by atoms with Crippen LogP contribution >= 0.6 is 0 Å². The van der Waals surface area contributed by atoms with Crippen LogP contribution < -0.4 is 10.6 Å². The molecule has 0 unspecified atom stereocenters. The summed E-state index contributed by atoms with van der Waals surface area (Å²) in [6, 6.07) is 12.1. The minimum absolute atomic E-state index is 0.0929. The van der Waals surface area contributed by atoms with Crippen molar-refractivity contribution in [2.75, 3.05) is 20.1 Å². The van der Waals surface area contributed by atoms with Gasteiger partial charge in [-0.05, 0) is 68.9 Å². The van der Waals surface area contributed by atoms with Crippen molar-refractivity contribution in [3.63, 3.8) is 0 Å². The molecule has 6 nitrogen and oxygen atoms in total. The van der Waals surface area contributed by atoms with Crippen molar-refractivity contribution in [3.8, 4) is 17.6 Å². The maximum atomic E-state index is 11.9. The van der Waals surface area contributed by atoms with E-state index < -0.39 is 0 Å². The highest BCUT2D eigenvalue weighted by molar-refractivity contribution is 5.94. The predicted molar refractivity (Wildman–Crippen MR) is 125 cm³/mol. The molecule has 0 heterocycles. The number of carbonyl (C=O) groups excluding carboxylic acids is 1.